The van der Waals surface area contributed by atoms with Crippen molar-refractivity contribution < 1.29 is 64.6 Å². The Morgan fingerprint density at radius 2 is 1.76 bits per heavy atom. The van der Waals surface area contributed by atoms with Crippen molar-refractivity contribution in [2.75, 3.05) is 17.6 Å². The number of carbonyl (C=O) groups excluding carboxylic acids is 1. The molecule has 3 aliphatic rings. The molecule has 1 heterocycles. The zero-order valence-electron chi connectivity index (χ0n) is 17.8. The van der Waals surface area contributed by atoms with E-state index >= 15 is 0 Å². The van der Waals surface area contributed by atoms with Gasteiger partial charge in [-0.1, -0.05) is 6.07 Å². The van der Waals surface area contributed by atoms with E-state index in [1.54, 1.807) is 0 Å². The molecular weight excluding hydrogens is 413 g/mol. The Kier molecular flexibility index (Phi) is 7.90. The topological polar surface area (TPSA) is 80.6 Å². The Balaban J connectivity index is 0.00000240. The zero-order chi connectivity index (χ0) is 19.9. The van der Waals surface area contributed by atoms with Gasteiger partial charge in [0.05, 0.1) is 5.75 Å². The minimum absolute atomic E-state index is 0. The number of fused-ring (bicyclic) bond motifs is 2. The second kappa shape index (κ2) is 9.67. The molecule has 1 N–H and O–H groups in total. The molecule has 8 heteroatoms. The van der Waals surface area contributed by atoms with E-state index in [2.05, 4.69) is 34.9 Å². The molecule has 2 aliphatic carbocycles. The minimum Gasteiger partial charge on any atom is -0.423 e. The average Bonchev–Trinajstić information content (AvgIpc) is 3.32. The molecule has 6 nitrogen and oxygen atoms in total. The summed E-state index contributed by atoms with van der Waals surface area (Å²) in [6.45, 7) is 5.06. The maximum absolute atomic E-state index is 12.6. The number of carbonyl (C=O) groups is 1. The van der Waals surface area contributed by atoms with Crippen LogP contribution in [0.4, 0.5) is 10.5 Å². The molecular formula is C21H30KN3O3S. The number of aryl methyl sites for hydroxylation is 2. The molecule has 1 saturated heterocycles. The first kappa shape index (κ1) is 23.7. The van der Waals surface area contributed by atoms with Crippen molar-refractivity contribution in [3.8, 4) is 0 Å². The number of hydrogen-bond donors (Lipinski definition) is 1. The molecule has 1 aromatic carbocycles. The van der Waals surface area contributed by atoms with Crippen LogP contribution in [-0.4, -0.2) is 43.7 Å². The number of anilines is 1. The molecule has 2 amide bonds. The quantitative estimate of drug-likeness (QED) is 0.682. The third kappa shape index (κ3) is 5.27. The molecule has 1 aliphatic heterocycles. The van der Waals surface area contributed by atoms with Gasteiger partial charge in [0, 0.05) is 12.1 Å². The number of benzene rings is 1. The predicted molar refractivity (Wildman–Crippen MR) is 112 cm³/mol. The summed E-state index contributed by atoms with van der Waals surface area (Å²) < 4.78 is 28.7. The molecule has 1 unspecified atom stereocenters. The normalized spacial score (nSPS) is 21.0. The Hall–Kier alpha value is 0.0364. The van der Waals surface area contributed by atoms with Crippen LogP contribution in [0.25, 0.3) is 4.72 Å². The number of hydrogen-bond acceptors (Lipinski definition) is 4. The third-order valence-corrected chi connectivity index (χ3v) is 7.67. The van der Waals surface area contributed by atoms with Gasteiger partial charge in [-0.2, -0.15) is 0 Å². The van der Waals surface area contributed by atoms with Crippen LogP contribution in [0.1, 0.15) is 61.8 Å². The van der Waals surface area contributed by atoms with Gasteiger partial charge in [-0.05, 0) is 99.7 Å². The summed E-state index contributed by atoms with van der Waals surface area (Å²) in [7, 11) is -3.81. The average molecular weight is 444 g/mol. The number of sulfonamides is 1. The number of likely N-dealkylation sites (tertiary alicyclic amines) is 1. The van der Waals surface area contributed by atoms with Gasteiger partial charge in [0.15, 0.2) is 16.1 Å². The van der Waals surface area contributed by atoms with Gasteiger partial charge in [0.2, 0.25) is 0 Å². The monoisotopic (exact) mass is 443 g/mol. The fraction of sp³-hybridized carbons (Fsp3) is 0.667. The van der Waals surface area contributed by atoms with Crippen LogP contribution in [0.5, 0.6) is 0 Å². The molecule has 0 radical (unpaired) electrons. The van der Waals surface area contributed by atoms with Gasteiger partial charge in [-0.3, -0.25) is 9.69 Å². The van der Waals surface area contributed by atoms with E-state index in [4.69, 9.17) is 0 Å². The first-order valence-corrected chi connectivity index (χ1v) is 12.1. The van der Waals surface area contributed by atoms with E-state index in [-0.39, 0.29) is 63.2 Å². The Morgan fingerprint density at radius 3 is 2.34 bits per heavy atom. The van der Waals surface area contributed by atoms with Crippen LogP contribution < -0.4 is 56.7 Å². The number of nitrogens with zero attached hydrogens (tertiary/aromatic N) is 2. The number of nitrogens with one attached hydrogen (secondary N) is 1. The fourth-order valence-electron chi connectivity index (χ4n) is 5.22. The van der Waals surface area contributed by atoms with Crippen molar-refractivity contribution >= 4 is 21.7 Å². The summed E-state index contributed by atoms with van der Waals surface area (Å²) in [4.78, 5) is 14.7. The number of urea groups is 1. The predicted octanol–water partition coefficient (Wildman–Crippen LogP) is 0.776. The van der Waals surface area contributed by atoms with Crippen LogP contribution >= 0.6 is 0 Å². The SMILES string of the molecule is CC(C)N1CCCC1CS(=O)(=O)[N-]C(=O)Nc1c2c(cc3c1CCC3)CCC2.[K+]. The van der Waals surface area contributed by atoms with E-state index in [1.807, 2.05) is 0 Å². The van der Waals surface area contributed by atoms with Gasteiger partial charge in [0.1, 0.15) is 0 Å². The first-order chi connectivity index (χ1) is 13.3. The minimum atomic E-state index is -3.81. The van der Waals surface area contributed by atoms with Crippen LogP contribution in [0.3, 0.4) is 0 Å². The van der Waals surface area contributed by atoms with Crippen LogP contribution in [0.15, 0.2) is 6.07 Å². The van der Waals surface area contributed by atoms with Gasteiger partial charge >= 0.3 is 51.4 Å². The molecule has 1 aromatic rings. The van der Waals surface area contributed by atoms with Gasteiger partial charge in [-0.25, -0.2) is 8.42 Å². The fourth-order valence-corrected chi connectivity index (χ4v) is 6.44. The third-order valence-electron chi connectivity index (χ3n) is 6.42. The van der Waals surface area contributed by atoms with Crippen molar-refractivity contribution in [2.24, 2.45) is 0 Å². The second-order valence-corrected chi connectivity index (χ2v) is 10.3. The van der Waals surface area contributed by atoms with Crippen molar-refractivity contribution in [3.63, 3.8) is 0 Å². The Bertz CT molecular complexity index is 853. The molecule has 0 aromatic heterocycles. The molecule has 0 spiro atoms. The first-order valence-electron chi connectivity index (χ1n) is 10.5. The maximum atomic E-state index is 12.6. The summed E-state index contributed by atoms with van der Waals surface area (Å²) in [6.07, 6.45) is 7.96. The number of amides is 2. The summed E-state index contributed by atoms with van der Waals surface area (Å²) in [5, 5.41) is 2.86. The van der Waals surface area contributed by atoms with E-state index in [0.717, 1.165) is 63.6 Å². The van der Waals surface area contributed by atoms with E-state index in [0.29, 0.717) is 6.04 Å². The molecule has 29 heavy (non-hydrogen) atoms. The summed E-state index contributed by atoms with van der Waals surface area (Å²) >= 11 is 0. The van der Waals surface area contributed by atoms with Crippen LogP contribution in [-0.2, 0) is 35.7 Å². The standard InChI is InChI=1S/C21H31N3O3S.K/c1-14(2)24-11-5-8-17(24)13-28(26,27)23-21(25)22-20-18-9-3-6-15(18)12-16-7-4-10-19(16)20;/h12,14,17H,3-11,13H2,1-2H3,(H2,22,23,25);/q;+1/p-1. The van der Waals surface area contributed by atoms with Crippen molar-refractivity contribution in [1.29, 1.82) is 0 Å². The summed E-state index contributed by atoms with van der Waals surface area (Å²) in [5.74, 6) is -0.0798. The molecule has 0 bridgehead atoms. The Labute approximate surface area is 217 Å². The molecule has 1 fully saturated rings. The van der Waals surface area contributed by atoms with Gasteiger partial charge in [-0.15, -0.1) is 0 Å². The molecule has 154 valence electrons. The van der Waals surface area contributed by atoms with Crippen molar-refractivity contribution in [2.45, 2.75) is 77.3 Å². The van der Waals surface area contributed by atoms with Gasteiger partial charge in [0.25, 0.3) is 0 Å². The van der Waals surface area contributed by atoms with Crippen molar-refractivity contribution in [1.82, 2.24) is 4.90 Å². The smallest absolute Gasteiger partial charge is 0.423 e. The maximum Gasteiger partial charge on any atom is 1.00 e. The van der Waals surface area contributed by atoms with Crippen LogP contribution in [0, 0.1) is 0 Å². The number of rotatable bonds is 5. The summed E-state index contributed by atoms with van der Waals surface area (Å²) in [5.41, 5.74) is 5.82. The zero-order valence-corrected chi connectivity index (χ0v) is 21.8. The molecule has 1 atom stereocenters. The summed E-state index contributed by atoms with van der Waals surface area (Å²) in [6, 6.07) is 1.79. The second-order valence-electron chi connectivity index (χ2n) is 8.63. The van der Waals surface area contributed by atoms with E-state index < -0.39 is 16.1 Å². The Morgan fingerprint density at radius 1 is 1.14 bits per heavy atom. The van der Waals surface area contributed by atoms with Crippen LogP contribution in [0.2, 0.25) is 0 Å². The van der Waals surface area contributed by atoms with Gasteiger partial charge < -0.3 is 10.0 Å². The molecule has 0 saturated carbocycles. The van der Waals surface area contributed by atoms with Crippen molar-refractivity contribution in [3.05, 3.63) is 33.0 Å². The largest absolute Gasteiger partial charge is 1.00 e. The van der Waals surface area contributed by atoms with E-state index in [9.17, 15) is 13.2 Å². The molecule has 4 rings (SSSR count). The van der Waals surface area contributed by atoms with E-state index in [1.165, 1.54) is 22.3 Å².